The van der Waals surface area contributed by atoms with Gasteiger partial charge < -0.3 is 20.1 Å². The molecule has 3 aromatic carbocycles. The lowest BCUT2D eigenvalue weighted by Crippen LogP contribution is -1.97. The fourth-order valence-electron chi connectivity index (χ4n) is 3.99. The number of hydrogen-bond acceptors (Lipinski definition) is 4. The molecule has 0 aliphatic carbocycles. The number of nitrogens with two attached hydrogens (primary N) is 1. The predicted molar refractivity (Wildman–Crippen MR) is 121 cm³/mol. The lowest BCUT2D eigenvalue weighted by Gasteiger charge is -2.10. The van der Waals surface area contributed by atoms with E-state index in [1.807, 2.05) is 24.3 Å². The number of methoxy groups -OCH3 is 1. The molecule has 0 atom stereocenters. The van der Waals surface area contributed by atoms with Crippen LogP contribution >= 0.6 is 0 Å². The molecule has 0 saturated carbocycles. The standard InChI is InChI=1S/C25H19F2N3O2/c1-32-15-10-8-14(9-11-15)12-30-13-20-21(25(30)31)23(28)18-6-2-5-17(24(18)29-20)16-4-3-7-19(26)22(16)27/h2-11,13,31H,12,28H2,1H3. The van der Waals surface area contributed by atoms with Crippen molar-refractivity contribution < 1.29 is 18.6 Å². The molecule has 0 radical (unpaired) electrons. The molecule has 2 heterocycles. The number of aromatic hydroxyl groups is 1. The van der Waals surface area contributed by atoms with E-state index in [9.17, 15) is 13.9 Å². The number of benzene rings is 3. The van der Waals surface area contributed by atoms with Crippen LogP contribution in [0.25, 0.3) is 32.9 Å². The van der Waals surface area contributed by atoms with E-state index in [2.05, 4.69) is 4.98 Å². The molecule has 0 aliphatic heterocycles. The zero-order valence-corrected chi connectivity index (χ0v) is 17.1. The van der Waals surface area contributed by atoms with Gasteiger partial charge in [0.05, 0.1) is 35.8 Å². The Kier molecular flexibility index (Phi) is 4.66. The Hall–Kier alpha value is -4.13. The van der Waals surface area contributed by atoms with Crippen LogP contribution in [0.1, 0.15) is 5.56 Å². The second kappa shape index (κ2) is 7.53. The highest BCUT2D eigenvalue weighted by molar-refractivity contribution is 6.12. The second-order valence-electron chi connectivity index (χ2n) is 7.52. The topological polar surface area (TPSA) is 73.3 Å². The first kappa shape index (κ1) is 19.8. The Balaban J connectivity index is 1.68. The number of rotatable bonds is 4. The third kappa shape index (κ3) is 3.10. The minimum absolute atomic E-state index is 0.00921. The number of aromatic nitrogens is 2. The van der Waals surface area contributed by atoms with Crippen molar-refractivity contribution in [3.05, 3.63) is 84.1 Å². The predicted octanol–water partition coefficient (Wildman–Crippen LogP) is 5.48. The number of pyridine rings is 1. The molecule has 0 unspecified atom stereocenters. The summed E-state index contributed by atoms with van der Waals surface area (Å²) in [7, 11) is 1.60. The summed E-state index contributed by atoms with van der Waals surface area (Å²) in [6.45, 7) is 0.396. The van der Waals surface area contributed by atoms with Gasteiger partial charge in [0.25, 0.3) is 0 Å². The maximum atomic E-state index is 14.5. The van der Waals surface area contributed by atoms with Crippen LogP contribution in [0.2, 0.25) is 0 Å². The normalized spacial score (nSPS) is 11.3. The summed E-state index contributed by atoms with van der Waals surface area (Å²) in [5, 5.41) is 11.8. The van der Waals surface area contributed by atoms with Gasteiger partial charge in [0.2, 0.25) is 5.88 Å². The summed E-state index contributed by atoms with van der Waals surface area (Å²) in [6, 6.07) is 16.6. The average molecular weight is 431 g/mol. The van der Waals surface area contributed by atoms with Gasteiger partial charge in [0.15, 0.2) is 11.6 Å². The highest BCUT2D eigenvalue weighted by atomic mass is 19.2. The zero-order chi connectivity index (χ0) is 22.4. The van der Waals surface area contributed by atoms with Crippen LogP contribution < -0.4 is 10.5 Å². The molecule has 32 heavy (non-hydrogen) atoms. The molecule has 0 spiro atoms. The first-order chi connectivity index (χ1) is 15.5. The Morgan fingerprint density at radius 1 is 1.00 bits per heavy atom. The van der Waals surface area contributed by atoms with Crippen LogP contribution in [-0.2, 0) is 6.54 Å². The van der Waals surface area contributed by atoms with Crippen molar-refractivity contribution >= 4 is 27.5 Å². The SMILES string of the molecule is COc1ccc(Cn2cc3nc4c(-c5cccc(F)c5F)cccc4c(N)c3c2O)cc1. The molecule has 5 aromatic rings. The van der Waals surface area contributed by atoms with Gasteiger partial charge in [-0.1, -0.05) is 42.5 Å². The molecule has 0 bridgehead atoms. The number of halogens is 2. The van der Waals surface area contributed by atoms with Crippen LogP contribution in [0, 0.1) is 11.6 Å². The fraction of sp³-hybridized carbons (Fsp3) is 0.0800. The van der Waals surface area contributed by atoms with Crippen molar-refractivity contribution in [3.8, 4) is 22.8 Å². The molecule has 0 saturated heterocycles. The van der Waals surface area contributed by atoms with Crippen molar-refractivity contribution in [2.24, 2.45) is 0 Å². The largest absolute Gasteiger partial charge is 0.497 e. The summed E-state index contributed by atoms with van der Waals surface area (Å²) in [4.78, 5) is 4.67. The highest BCUT2D eigenvalue weighted by Gasteiger charge is 2.19. The van der Waals surface area contributed by atoms with E-state index in [0.717, 1.165) is 17.4 Å². The number of fused-ring (bicyclic) bond motifs is 2. The first-order valence-corrected chi connectivity index (χ1v) is 9.95. The summed E-state index contributed by atoms with van der Waals surface area (Å²) in [5.74, 6) is -1.15. The monoisotopic (exact) mass is 431 g/mol. The van der Waals surface area contributed by atoms with E-state index in [4.69, 9.17) is 10.5 Å². The van der Waals surface area contributed by atoms with E-state index in [1.54, 1.807) is 36.1 Å². The van der Waals surface area contributed by atoms with Gasteiger partial charge in [-0.05, 0) is 23.8 Å². The van der Waals surface area contributed by atoms with Gasteiger partial charge in [-0.2, -0.15) is 0 Å². The van der Waals surface area contributed by atoms with Crippen LogP contribution in [0.4, 0.5) is 14.5 Å². The molecule has 3 N–H and O–H groups in total. The molecule has 2 aromatic heterocycles. The van der Waals surface area contributed by atoms with E-state index < -0.39 is 11.6 Å². The minimum Gasteiger partial charge on any atom is -0.497 e. The summed E-state index contributed by atoms with van der Waals surface area (Å²) in [6.07, 6.45) is 1.70. The first-order valence-electron chi connectivity index (χ1n) is 9.95. The van der Waals surface area contributed by atoms with Gasteiger partial charge in [-0.3, -0.25) is 0 Å². The Bertz CT molecular complexity index is 1480. The Morgan fingerprint density at radius 3 is 2.47 bits per heavy atom. The van der Waals surface area contributed by atoms with Crippen LogP contribution in [0.15, 0.2) is 66.9 Å². The zero-order valence-electron chi connectivity index (χ0n) is 17.1. The number of nitrogen functional groups attached to an aromatic ring is 1. The molecule has 7 heteroatoms. The highest BCUT2D eigenvalue weighted by Crippen LogP contribution is 2.39. The number of nitrogens with zero attached hydrogens (tertiary/aromatic N) is 2. The average Bonchev–Trinajstić information content (AvgIpc) is 3.11. The van der Waals surface area contributed by atoms with Crippen molar-refractivity contribution in [2.45, 2.75) is 6.54 Å². The van der Waals surface area contributed by atoms with Gasteiger partial charge in [-0.15, -0.1) is 0 Å². The van der Waals surface area contributed by atoms with Gasteiger partial charge in [0, 0.05) is 22.7 Å². The van der Waals surface area contributed by atoms with Crippen molar-refractivity contribution in [3.63, 3.8) is 0 Å². The minimum atomic E-state index is -0.944. The number of para-hydroxylation sites is 1. The molecule has 160 valence electrons. The molecular weight excluding hydrogens is 412 g/mol. The Labute approximate surface area is 182 Å². The van der Waals surface area contributed by atoms with Gasteiger partial charge in [0.1, 0.15) is 5.75 Å². The van der Waals surface area contributed by atoms with Crippen LogP contribution in [0.5, 0.6) is 11.6 Å². The second-order valence-corrected chi connectivity index (χ2v) is 7.52. The lowest BCUT2D eigenvalue weighted by atomic mass is 10.00. The smallest absolute Gasteiger partial charge is 0.203 e. The Morgan fingerprint density at radius 2 is 1.72 bits per heavy atom. The number of anilines is 1. The van der Waals surface area contributed by atoms with Crippen molar-refractivity contribution in [2.75, 3.05) is 12.8 Å². The summed E-state index contributed by atoms with van der Waals surface area (Å²) in [5.41, 5.74) is 9.12. The quantitative estimate of drug-likeness (QED) is 0.395. The third-order valence-electron chi connectivity index (χ3n) is 5.61. The molecule has 0 fully saturated rings. The lowest BCUT2D eigenvalue weighted by molar-refractivity contribution is 0.414. The molecular formula is C25H19F2N3O2. The summed E-state index contributed by atoms with van der Waals surface area (Å²) >= 11 is 0. The van der Waals surface area contributed by atoms with E-state index in [1.165, 1.54) is 12.1 Å². The van der Waals surface area contributed by atoms with Gasteiger partial charge >= 0.3 is 0 Å². The fourth-order valence-corrected chi connectivity index (χ4v) is 3.99. The number of hydrogen-bond donors (Lipinski definition) is 2. The third-order valence-corrected chi connectivity index (χ3v) is 5.61. The molecule has 0 amide bonds. The van der Waals surface area contributed by atoms with E-state index >= 15 is 0 Å². The maximum Gasteiger partial charge on any atom is 0.203 e. The van der Waals surface area contributed by atoms with Crippen molar-refractivity contribution in [1.82, 2.24) is 9.55 Å². The molecule has 0 aliphatic rings. The maximum absolute atomic E-state index is 14.5. The van der Waals surface area contributed by atoms with Crippen LogP contribution in [0.3, 0.4) is 0 Å². The number of ether oxygens (including phenoxy) is 1. The molecule has 5 nitrogen and oxygen atoms in total. The van der Waals surface area contributed by atoms with E-state index in [-0.39, 0.29) is 11.4 Å². The van der Waals surface area contributed by atoms with Crippen molar-refractivity contribution in [1.29, 1.82) is 0 Å². The van der Waals surface area contributed by atoms with Gasteiger partial charge in [-0.25, -0.2) is 13.8 Å². The van der Waals surface area contributed by atoms with Crippen LogP contribution in [-0.4, -0.2) is 21.8 Å². The van der Waals surface area contributed by atoms with E-state index in [0.29, 0.717) is 39.6 Å². The summed E-state index contributed by atoms with van der Waals surface area (Å²) < 4.78 is 35.2. The molecule has 5 rings (SSSR count).